The zero-order valence-electron chi connectivity index (χ0n) is 19.2. The fourth-order valence-corrected chi connectivity index (χ4v) is 3.75. The van der Waals surface area contributed by atoms with E-state index in [0.29, 0.717) is 24.1 Å². The summed E-state index contributed by atoms with van der Waals surface area (Å²) in [6, 6.07) is 11.1. The Kier molecular flexibility index (Phi) is 6.29. The first kappa shape index (κ1) is 23.9. The van der Waals surface area contributed by atoms with Crippen LogP contribution in [0.25, 0.3) is 16.7 Å². The third kappa shape index (κ3) is 4.86. The van der Waals surface area contributed by atoms with Gasteiger partial charge in [0.1, 0.15) is 11.5 Å². The van der Waals surface area contributed by atoms with Crippen molar-refractivity contribution in [2.24, 2.45) is 10.7 Å². The van der Waals surface area contributed by atoms with Gasteiger partial charge in [0.05, 0.1) is 29.1 Å². The van der Waals surface area contributed by atoms with Gasteiger partial charge < -0.3 is 16.2 Å². The Morgan fingerprint density at radius 1 is 1.14 bits per heavy atom. The topological polar surface area (TPSA) is 126 Å². The summed E-state index contributed by atoms with van der Waals surface area (Å²) in [5.74, 6) is -3.55. The van der Waals surface area contributed by atoms with Crippen LogP contribution in [0.4, 0.5) is 14.6 Å². The second-order valence-corrected chi connectivity index (χ2v) is 8.35. The highest BCUT2D eigenvalue weighted by molar-refractivity contribution is 6.27. The average Bonchev–Trinajstić information content (AvgIpc) is 3.66. The lowest BCUT2D eigenvalue weighted by atomic mass is 9.94. The largest absolute Gasteiger partial charge is 0.481 e. The Labute approximate surface area is 200 Å². The molecular weight excluding hydrogens is 454 g/mol. The number of aromatic nitrogens is 3. The van der Waals surface area contributed by atoms with E-state index in [0.717, 1.165) is 29.8 Å². The van der Waals surface area contributed by atoms with E-state index in [-0.39, 0.29) is 11.7 Å². The quantitative estimate of drug-likeness (QED) is 0.343. The third-order valence-corrected chi connectivity index (χ3v) is 5.95. The Morgan fingerprint density at radius 3 is 2.34 bits per heavy atom. The fraction of sp³-hybridized carbons (Fsp3) is 0.240. The first-order chi connectivity index (χ1) is 16.7. The molecule has 180 valence electrons. The van der Waals surface area contributed by atoms with Gasteiger partial charge in [0.2, 0.25) is 0 Å². The number of anilines is 1. The van der Waals surface area contributed by atoms with Crippen LogP contribution in [0.1, 0.15) is 36.7 Å². The van der Waals surface area contributed by atoms with E-state index >= 15 is 0 Å². The number of carboxylic acids is 1. The van der Waals surface area contributed by atoms with Gasteiger partial charge in [-0.25, -0.2) is 4.98 Å². The summed E-state index contributed by atoms with van der Waals surface area (Å²) in [6.45, 7) is 0.746. The molecule has 2 heterocycles. The molecule has 35 heavy (non-hydrogen) atoms. The van der Waals surface area contributed by atoms with Gasteiger partial charge in [-0.2, -0.15) is 8.78 Å². The molecular formula is C25H24F2N6O2. The van der Waals surface area contributed by atoms with Crippen molar-refractivity contribution in [2.45, 2.75) is 31.1 Å². The number of nitrogens with zero attached hydrogens (tertiary/aromatic N) is 4. The molecule has 0 atom stereocenters. The van der Waals surface area contributed by atoms with Gasteiger partial charge >= 0.3 is 5.97 Å². The Hall–Kier alpha value is -4.21. The minimum Gasteiger partial charge on any atom is -0.481 e. The lowest BCUT2D eigenvalue weighted by Crippen LogP contribution is -2.19. The lowest BCUT2D eigenvalue weighted by molar-refractivity contribution is -0.140. The second kappa shape index (κ2) is 9.21. The minimum absolute atomic E-state index is 0.0930. The van der Waals surface area contributed by atoms with Crippen molar-refractivity contribution in [1.29, 1.82) is 0 Å². The molecule has 10 heteroatoms. The standard InChI is InChI=1S/C25H24F2N6O2/c1-24(26,27)20-13-30-14-21(32-20)33-22(29-2)18(11-28)19-8-5-16(12-31-19)15-3-6-17(7-4-15)25(9-10-25)23(34)35/h3-8,11-14H,9-10,28H2,1-2H3,(H,34,35)(H,29,32,33). The molecule has 1 aromatic carbocycles. The molecule has 0 unspecified atom stereocenters. The molecule has 1 fully saturated rings. The van der Waals surface area contributed by atoms with Crippen molar-refractivity contribution in [1.82, 2.24) is 15.0 Å². The smallest absolute Gasteiger partial charge is 0.314 e. The van der Waals surface area contributed by atoms with Crippen LogP contribution >= 0.6 is 0 Å². The van der Waals surface area contributed by atoms with Crippen molar-refractivity contribution in [3.63, 3.8) is 0 Å². The second-order valence-electron chi connectivity index (χ2n) is 8.35. The summed E-state index contributed by atoms with van der Waals surface area (Å²) in [5, 5.41) is 12.4. The van der Waals surface area contributed by atoms with E-state index in [9.17, 15) is 18.7 Å². The van der Waals surface area contributed by atoms with Crippen molar-refractivity contribution in [2.75, 3.05) is 12.4 Å². The number of carbonyl (C=O) groups is 1. The molecule has 3 aromatic rings. The van der Waals surface area contributed by atoms with Gasteiger partial charge in [-0.1, -0.05) is 30.3 Å². The first-order valence-corrected chi connectivity index (χ1v) is 10.8. The highest BCUT2D eigenvalue weighted by atomic mass is 19.3. The normalized spacial score (nSPS) is 15.5. The number of rotatable bonds is 7. The molecule has 0 bridgehead atoms. The van der Waals surface area contributed by atoms with Gasteiger partial charge in [0.15, 0.2) is 5.82 Å². The predicted molar refractivity (Wildman–Crippen MR) is 129 cm³/mol. The number of pyridine rings is 1. The van der Waals surface area contributed by atoms with Crippen LogP contribution < -0.4 is 11.1 Å². The predicted octanol–water partition coefficient (Wildman–Crippen LogP) is 4.21. The molecule has 4 rings (SSSR count). The number of aliphatic imine (C=N–C) groups is 1. The molecule has 0 aliphatic heterocycles. The van der Waals surface area contributed by atoms with E-state index in [1.54, 1.807) is 12.3 Å². The number of hydrogen-bond donors (Lipinski definition) is 3. The summed E-state index contributed by atoms with van der Waals surface area (Å²) >= 11 is 0. The van der Waals surface area contributed by atoms with Crippen LogP contribution in [0.5, 0.6) is 0 Å². The highest BCUT2D eigenvalue weighted by Gasteiger charge is 2.51. The van der Waals surface area contributed by atoms with E-state index in [2.05, 4.69) is 25.3 Å². The monoisotopic (exact) mass is 478 g/mol. The lowest BCUT2D eigenvalue weighted by Gasteiger charge is -2.14. The summed E-state index contributed by atoms with van der Waals surface area (Å²) in [5.41, 5.74) is 8.11. The molecule has 4 N–H and O–H groups in total. The van der Waals surface area contributed by atoms with Gasteiger partial charge in [-0.3, -0.25) is 19.8 Å². The van der Waals surface area contributed by atoms with E-state index in [1.165, 1.54) is 19.4 Å². The van der Waals surface area contributed by atoms with Gasteiger partial charge in [-0.05, 0) is 30.0 Å². The minimum atomic E-state index is -3.14. The van der Waals surface area contributed by atoms with Gasteiger partial charge in [0, 0.05) is 31.9 Å². The van der Waals surface area contributed by atoms with Crippen LogP contribution in [-0.2, 0) is 16.1 Å². The SMILES string of the molecule is CN=C(Nc1cncc(C(C)(F)F)n1)C(=CN)c1ccc(-c2ccc(C3(C(=O)O)CC3)cc2)cn1. The van der Waals surface area contributed by atoms with E-state index < -0.39 is 23.0 Å². The molecule has 0 radical (unpaired) electrons. The number of carboxylic acid groups (broad SMARTS) is 1. The zero-order valence-corrected chi connectivity index (χ0v) is 19.2. The van der Waals surface area contributed by atoms with Gasteiger partial charge in [-0.15, -0.1) is 0 Å². The molecule has 0 spiro atoms. The average molecular weight is 479 g/mol. The van der Waals surface area contributed by atoms with Crippen molar-refractivity contribution in [3.05, 3.63) is 78.1 Å². The maximum absolute atomic E-state index is 13.6. The fourth-order valence-electron chi connectivity index (χ4n) is 3.75. The van der Waals surface area contributed by atoms with Gasteiger partial charge in [0.25, 0.3) is 5.92 Å². The molecule has 0 saturated heterocycles. The number of alkyl halides is 2. The van der Waals surface area contributed by atoms with Crippen LogP contribution in [0.3, 0.4) is 0 Å². The van der Waals surface area contributed by atoms with Crippen molar-refractivity contribution >= 4 is 23.2 Å². The summed E-state index contributed by atoms with van der Waals surface area (Å²) in [4.78, 5) is 27.9. The number of nitrogens with one attached hydrogen (secondary N) is 1. The van der Waals surface area contributed by atoms with Crippen molar-refractivity contribution in [3.8, 4) is 11.1 Å². The van der Waals surface area contributed by atoms with Crippen LogP contribution in [0.2, 0.25) is 0 Å². The molecule has 1 saturated carbocycles. The summed E-state index contributed by atoms with van der Waals surface area (Å²) < 4.78 is 27.2. The Bertz CT molecular complexity index is 1290. The third-order valence-electron chi connectivity index (χ3n) is 5.95. The number of hydrogen-bond acceptors (Lipinski definition) is 6. The molecule has 0 amide bonds. The Balaban J connectivity index is 1.53. The number of nitrogens with two attached hydrogens (primary N) is 1. The number of halogens is 2. The Morgan fingerprint density at radius 2 is 1.83 bits per heavy atom. The maximum atomic E-state index is 13.6. The molecule has 8 nitrogen and oxygen atoms in total. The zero-order chi connectivity index (χ0) is 25.2. The van der Waals surface area contributed by atoms with E-state index in [1.807, 2.05) is 30.3 Å². The molecule has 1 aliphatic carbocycles. The van der Waals surface area contributed by atoms with Crippen LogP contribution in [-0.4, -0.2) is 38.9 Å². The number of benzene rings is 1. The maximum Gasteiger partial charge on any atom is 0.314 e. The van der Waals surface area contributed by atoms with E-state index in [4.69, 9.17) is 5.73 Å². The summed E-state index contributed by atoms with van der Waals surface area (Å²) in [6.07, 6.45) is 6.61. The molecule has 2 aromatic heterocycles. The molecule has 1 aliphatic rings. The highest BCUT2D eigenvalue weighted by Crippen LogP contribution is 2.48. The summed E-state index contributed by atoms with van der Waals surface area (Å²) in [7, 11) is 1.53. The van der Waals surface area contributed by atoms with Crippen LogP contribution in [0, 0.1) is 0 Å². The number of amidine groups is 1. The first-order valence-electron chi connectivity index (χ1n) is 10.8. The van der Waals surface area contributed by atoms with Crippen molar-refractivity contribution < 1.29 is 18.7 Å². The number of aliphatic carboxylic acids is 1. The van der Waals surface area contributed by atoms with Crippen LogP contribution in [0.15, 0.2) is 66.2 Å².